The molecule has 1 unspecified atom stereocenters. The van der Waals surface area contributed by atoms with E-state index < -0.39 is 12.7 Å². The molecule has 1 aromatic carbocycles. The molecule has 8 heteroatoms. The molecular weight excluding hydrogens is 360 g/mol. The normalized spacial score (nSPS) is 14.9. The number of carbonyl (C=O) groups is 1. The first-order valence-corrected chi connectivity index (χ1v) is 9.26. The van der Waals surface area contributed by atoms with E-state index in [1.54, 1.807) is 12.1 Å². The number of hydrogen-bond donors (Lipinski definition) is 1. The van der Waals surface area contributed by atoms with Crippen LogP contribution in [0.25, 0.3) is 0 Å². The van der Waals surface area contributed by atoms with Crippen LogP contribution in [0.1, 0.15) is 29.5 Å². The Hall–Kier alpha value is -2.22. The standard InChI is InChI=1S/C18H21F2N3O2S/c1-10-12(3)26-18(21-10)22-16(24)11(2)23-8-4-5-13-9-14(25-17(19)20)6-7-15(13)23/h6-7,9,11,17H,4-5,8H2,1-3H3,(H,21,22,24). The van der Waals surface area contributed by atoms with Crippen LogP contribution in [0.15, 0.2) is 18.2 Å². The van der Waals surface area contributed by atoms with Gasteiger partial charge in [0.25, 0.3) is 0 Å². The maximum atomic E-state index is 12.6. The van der Waals surface area contributed by atoms with Crippen molar-refractivity contribution in [2.24, 2.45) is 0 Å². The van der Waals surface area contributed by atoms with Gasteiger partial charge in [0.15, 0.2) is 5.13 Å². The zero-order valence-corrected chi connectivity index (χ0v) is 15.7. The third-order valence-electron chi connectivity index (χ3n) is 4.54. The highest BCUT2D eigenvalue weighted by molar-refractivity contribution is 7.15. The highest BCUT2D eigenvalue weighted by Gasteiger charge is 2.27. The van der Waals surface area contributed by atoms with Gasteiger partial charge >= 0.3 is 6.61 Å². The molecule has 1 atom stereocenters. The lowest BCUT2D eigenvalue weighted by molar-refractivity contribution is -0.117. The number of aryl methyl sites for hydroxylation is 3. The number of halogens is 2. The molecule has 0 radical (unpaired) electrons. The Morgan fingerprint density at radius 1 is 1.38 bits per heavy atom. The Morgan fingerprint density at radius 3 is 2.81 bits per heavy atom. The van der Waals surface area contributed by atoms with Crippen molar-refractivity contribution in [3.05, 3.63) is 34.3 Å². The smallest absolute Gasteiger partial charge is 0.387 e. The van der Waals surface area contributed by atoms with Crippen molar-refractivity contribution in [1.82, 2.24) is 4.98 Å². The minimum atomic E-state index is -2.84. The molecule has 1 aliphatic heterocycles. The van der Waals surface area contributed by atoms with Crippen molar-refractivity contribution < 1.29 is 18.3 Å². The summed E-state index contributed by atoms with van der Waals surface area (Å²) in [5, 5.41) is 3.46. The van der Waals surface area contributed by atoms with E-state index >= 15 is 0 Å². The van der Waals surface area contributed by atoms with Crippen molar-refractivity contribution in [3.8, 4) is 5.75 Å². The van der Waals surface area contributed by atoms with Gasteiger partial charge in [0, 0.05) is 17.1 Å². The molecule has 0 spiro atoms. The van der Waals surface area contributed by atoms with Crippen LogP contribution < -0.4 is 15.0 Å². The Bertz CT molecular complexity index is 790. The zero-order chi connectivity index (χ0) is 18.8. The summed E-state index contributed by atoms with van der Waals surface area (Å²) in [4.78, 5) is 20.1. The van der Waals surface area contributed by atoms with Gasteiger partial charge in [-0.2, -0.15) is 8.78 Å². The van der Waals surface area contributed by atoms with Crippen molar-refractivity contribution in [3.63, 3.8) is 0 Å². The number of alkyl halides is 2. The fourth-order valence-electron chi connectivity index (χ4n) is 3.06. The van der Waals surface area contributed by atoms with Crippen molar-refractivity contribution in [1.29, 1.82) is 0 Å². The number of amides is 1. The van der Waals surface area contributed by atoms with Crippen molar-refractivity contribution in [2.75, 3.05) is 16.8 Å². The first-order valence-electron chi connectivity index (χ1n) is 8.44. The number of nitrogens with zero attached hydrogens (tertiary/aromatic N) is 2. The van der Waals surface area contributed by atoms with Crippen molar-refractivity contribution >= 4 is 28.1 Å². The third-order valence-corrected chi connectivity index (χ3v) is 5.52. The molecule has 0 aliphatic carbocycles. The Morgan fingerprint density at radius 2 is 2.15 bits per heavy atom. The minimum absolute atomic E-state index is 0.139. The highest BCUT2D eigenvalue weighted by Crippen LogP contribution is 2.32. The number of anilines is 2. The number of rotatable bonds is 5. The molecule has 1 amide bonds. The fourth-order valence-corrected chi connectivity index (χ4v) is 3.88. The largest absolute Gasteiger partial charge is 0.435 e. The van der Waals surface area contributed by atoms with Gasteiger partial charge in [-0.25, -0.2) is 4.98 Å². The average Bonchev–Trinajstić information content (AvgIpc) is 2.90. The minimum Gasteiger partial charge on any atom is -0.435 e. The van der Waals surface area contributed by atoms with Gasteiger partial charge in [0.1, 0.15) is 11.8 Å². The van der Waals surface area contributed by atoms with Crippen LogP contribution in [0.4, 0.5) is 19.6 Å². The average molecular weight is 381 g/mol. The van der Waals surface area contributed by atoms with Crippen molar-refractivity contribution in [2.45, 2.75) is 46.3 Å². The summed E-state index contributed by atoms with van der Waals surface area (Å²) in [5.74, 6) is 0.00551. The Kier molecular flexibility index (Phi) is 5.41. The summed E-state index contributed by atoms with van der Waals surface area (Å²) < 4.78 is 29.3. The number of ether oxygens (including phenoxy) is 1. The van der Waals surface area contributed by atoms with Gasteiger partial charge in [-0.1, -0.05) is 0 Å². The van der Waals surface area contributed by atoms with E-state index in [9.17, 15) is 13.6 Å². The van der Waals surface area contributed by atoms with Crippen LogP contribution in [0, 0.1) is 13.8 Å². The summed E-state index contributed by atoms with van der Waals surface area (Å²) in [6, 6.07) is 4.49. The second-order valence-electron chi connectivity index (χ2n) is 6.29. The Labute approximate surface area is 155 Å². The molecule has 2 heterocycles. The molecule has 0 fully saturated rings. The molecule has 140 valence electrons. The molecule has 0 saturated carbocycles. The first-order chi connectivity index (χ1) is 12.3. The van der Waals surface area contributed by atoms with Gasteiger partial charge in [0.05, 0.1) is 5.69 Å². The van der Waals surface area contributed by atoms with Gasteiger partial charge in [0.2, 0.25) is 5.91 Å². The van der Waals surface area contributed by atoms with Crippen LogP contribution in [-0.4, -0.2) is 30.1 Å². The van der Waals surface area contributed by atoms with E-state index in [0.717, 1.165) is 41.2 Å². The lowest BCUT2D eigenvalue weighted by Crippen LogP contribution is -2.44. The number of fused-ring (bicyclic) bond motifs is 1. The molecule has 26 heavy (non-hydrogen) atoms. The quantitative estimate of drug-likeness (QED) is 0.846. The number of carbonyl (C=O) groups excluding carboxylic acids is 1. The molecule has 0 bridgehead atoms. The van der Waals surface area contributed by atoms with Gasteiger partial charge in [-0.05, 0) is 57.4 Å². The van der Waals surface area contributed by atoms with Crippen LogP contribution in [-0.2, 0) is 11.2 Å². The van der Waals surface area contributed by atoms with E-state index in [1.165, 1.54) is 17.4 Å². The van der Waals surface area contributed by atoms with E-state index in [-0.39, 0.29) is 11.7 Å². The van der Waals surface area contributed by atoms with Crippen LogP contribution in [0.3, 0.4) is 0 Å². The second kappa shape index (κ2) is 7.57. The van der Waals surface area contributed by atoms with Gasteiger partial charge in [-0.15, -0.1) is 11.3 Å². The molecule has 1 aromatic heterocycles. The predicted octanol–water partition coefficient (Wildman–Crippen LogP) is 4.14. The fraction of sp³-hybridized carbons (Fsp3) is 0.444. The first kappa shape index (κ1) is 18.6. The van der Waals surface area contributed by atoms with E-state index in [1.807, 2.05) is 25.7 Å². The van der Waals surface area contributed by atoms with Gasteiger partial charge < -0.3 is 15.0 Å². The number of aromatic nitrogens is 1. The predicted molar refractivity (Wildman–Crippen MR) is 98.4 cm³/mol. The number of nitrogens with one attached hydrogen (secondary N) is 1. The van der Waals surface area contributed by atoms with Crippen LogP contribution in [0.5, 0.6) is 5.75 Å². The number of thiazole rings is 1. The summed E-state index contributed by atoms with van der Waals surface area (Å²) >= 11 is 1.45. The third kappa shape index (κ3) is 3.95. The molecule has 0 saturated heterocycles. The van der Waals surface area contributed by atoms with Crippen LogP contribution in [0.2, 0.25) is 0 Å². The Balaban J connectivity index is 1.76. The summed E-state index contributed by atoms with van der Waals surface area (Å²) in [6.45, 7) is 3.59. The summed E-state index contributed by atoms with van der Waals surface area (Å²) in [6.07, 6.45) is 1.61. The molecular formula is C18H21F2N3O2S. The van der Waals surface area contributed by atoms with E-state index in [2.05, 4.69) is 15.0 Å². The molecule has 2 aromatic rings. The summed E-state index contributed by atoms with van der Waals surface area (Å²) in [5.41, 5.74) is 2.70. The molecule has 1 N–H and O–H groups in total. The lowest BCUT2D eigenvalue weighted by atomic mass is 9.99. The zero-order valence-electron chi connectivity index (χ0n) is 14.9. The molecule has 3 rings (SSSR count). The number of benzene rings is 1. The molecule has 5 nitrogen and oxygen atoms in total. The lowest BCUT2D eigenvalue weighted by Gasteiger charge is -2.35. The number of hydrogen-bond acceptors (Lipinski definition) is 5. The van der Waals surface area contributed by atoms with Gasteiger partial charge in [-0.3, -0.25) is 4.79 Å². The SMILES string of the molecule is Cc1nc(NC(=O)C(C)N2CCCc3cc(OC(F)F)ccc32)sc1C. The monoisotopic (exact) mass is 381 g/mol. The topological polar surface area (TPSA) is 54.5 Å². The maximum absolute atomic E-state index is 12.6. The summed E-state index contributed by atoms with van der Waals surface area (Å²) in [7, 11) is 0. The van der Waals surface area contributed by atoms with E-state index in [0.29, 0.717) is 5.13 Å². The highest BCUT2D eigenvalue weighted by atomic mass is 32.1. The van der Waals surface area contributed by atoms with E-state index in [4.69, 9.17) is 0 Å². The molecule has 1 aliphatic rings. The second-order valence-corrected chi connectivity index (χ2v) is 7.50. The van der Waals surface area contributed by atoms with Crippen LogP contribution >= 0.6 is 11.3 Å². The maximum Gasteiger partial charge on any atom is 0.387 e.